The van der Waals surface area contributed by atoms with Crippen LogP contribution in [-0.4, -0.2) is 35.2 Å². The molecule has 2 atom stereocenters. The number of aliphatic hydroxyl groups excluding tert-OH is 1. The van der Waals surface area contributed by atoms with Crippen LogP contribution in [0.25, 0.3) is 0 Å². The van der Waals surface area contributed by atoms with E-state index in [0.29, 0.717) is 5.92 Å². The van der Waals surface area contributed by atoms with Gasteiger partial charge in [-0.15, -0.1) is 0 Å². The van der Waals surface area contributed by atoms with E-state index in [0.717, 1.165) is 6.54 Å². The molecule has 0 radical (unpaired) electrons. The summed E-state index contributed by atoms with van der Waals surface area (Å²) in [4.78, 5) is 2.33. The predicted molar refractivity (Wildman–Crippen MR) is 49.0 cm³/mol. The third-order valence-corrected chi connectivity index (χ3v) is 3.75. The molecule has 0 aromatic carbocycles. The van der Waals surface area contributed by atoms with Crippen molar-refractivity contribution < 1.29 is 5.11 Å². The van der Waals surface area contributed by atoms with Gasteiger partial charge in [-0.05, 0) is 52.1 Å². The van der Waals surface area contributed by atoms with Crippen LogP contribution in [0.5, 0.6) is 0 Å². The van der Waals surface area contributed by atoms with Crippen LogP contribution < -0.4 is 0 Å². The van der Waals surface area contributed by atoms with Crippen molar-refractivity contribution in [1.82, 2.24) is 4.90 Å². The first-order valence-corrected chi connectivity index (χ1v) is 5.04. The van der Waals surface area contributed by atoms with Crippen molar-refractivity contribution >= 4 is 0 Å². The minimum absolute atomic E-state index is 0.0787. The average Bonchev–Trinajstić information content (AvgIpc) is 2.81. The second-order valence-electron chi connectivity index (χ2n) is 4.66. The molecule has 2 aliphatic rings. The van der Waals surface area contributed by atoms with Gasteiger partial charge in [0.25, 0.3) is 0 Å². The summed E-state index contributed by atoms with van der Waals surface area (Å²) in [7, 11) is 2.14. The molecule has 2 rings (SSSR count). The molecule has 2 heteroatoms. The van der Waals surface area contributed by atoms with Gasteiger partial charge in [0.2, 0.25) is 0 Å². The van der Waals surface area contributed by atoms with Crippen LogP contribution in [0, 0.1) is 5.92 Å². The van der Waals surface area contributed by atoms with E-state index < -0.39 is 0 Å². The minimum atomic E-state index is -0.0787. The summed E-state index contributed by atoms with van der Waals surface area (Å²) in [5.41, 5.74) is 0.0845. The van der Waals surface area contributed by atoms with Gasteiger partial charge in [-0.25, -0.2) is 0 Å². The zero-order chi connectivity index (χ0) is 8.77. The molecule has 0 spiro atoms. The molecule has 0 amide bonds. The lowest BCUT2D eigenvalue weighted by Crippen LogP contribution is -2.49. The van der Waals surface area contributed by atoms with Crippen molar-refractivity contribution in [2.45, 2.75) is 44.2 Å². The van der Waals surface area contributed by atoms with E-state index in [1.807, 2.05) is 0 Å². The van der Waals surface area contributed by atoms with Gasteiger partial charge in [-0.2, -0.15) is 0 Å². The Hall–Kier alpha value is -0.0800. The number of rotatable bonds is 2. The summed E-state index contributed by atoms with van der Waals surface area (Å²) in [5.74, 6) is 0.607. The first kappa shape index (κ1) is 8.52. The molecule has 1 aliphatic heterocycles. The minimum Gasteiger partial charge on any atom is -0.391 e. The summed E-state index contributed by atoms with van der Waals surface area (Å²) in [6.07, 6.45) is 4.82. The van der Waals surface area contributed by atoms with E-state index in [4.69, 9.17) is 0 Å². The van der Waals surface area contributed by atoms with E-state index >= 15 is 0 Å². The number of nitrogens with zero attached hydrogens (tertiary/aromatic N) is 1. The van der Waals surface area contributed by atoms with Gasteiger partial charge in [0.1, 0.15) is 0 Å². The van der Waals surface area contributed by atoms with Gasteiger partial charge in [0.05, 0.1) is 6.10 Å². The molecule has 1 heterocycles. The Kier molecular flexibility index (Phi) is 1.92. The van der Waals surface area contributed by atoms with Gasteiger partial charge in [0.15, 0.2) is 0 Å². The highest BCUT2D eigenvalue weighted by atomic mass is 16.3. The first-order chi connectivity index (χ1) is 5.64. The summed E-state index contributed by atoms with van der Waals surface area (Å²) in [6, 6.07) is 0. The van der Waals surface area contributed by atoms with Crippen LogP contribution in [0.15, 0.2) is 0 Å². The maximum absolute atomic E-state index is 10.1. The Morgan fingerprint density at radius 3 is 2.58 bits per heavy atom. The Labute approximate surface area is 74.6 Å². The summed E-state index contributed by atoms with van der Waals surface area (Å²) >= 11 is 0. The van der Waals surface area contributed by atoms with Crippen molar-refractivity contribution in [3.8, 4) is 0 Å². The standard InChI is InChI=1S/C10H19NO/c1-10(6-3-7-11(10)2)9(12)8-4-5-8/h8-9,12H,3-7H2,1-2H3. The van der Waals surface area contributed by atoms with Gasteiger partial charge in [-0.3, -0.25) is 4.90 Å². The van der Waals surface area contributed by atoms with Crippen molar-refractivity contribution in [3.63, 3.8) is 0 Å². The normalized spacial score (nSPS) is 40.2. The lowest BCUT2D eigenvalue weighted by molar-refractivity contribution is 0.00284. The second-order valence-corrected chi connectivity index (χ2v) is 4.66. The summed E-state index contributed by atoms with van der Waals surface area (Å²) in [5, 5.41) is 10.1. The molecule has 1 N–H and O–H groups in total. The zero-order valence-corrected chi connectivity index (χ0v) is 8.08. The van der Waals surface area contributed by atoms with Crippen molar-refractivity contribution in [3.05, 3.63) is 0 Å². The van der Waals surface area contributed by atoms with E-state index in [-0.39, 0.29) is 11.6 Å². The maximum Gasteiger partial charge on any atom is 0.0749 e. The van der Waals surface area contributed by atoms with Gasteiger partial charge in [-0.1, -0.05) is 0 Å². The number of hydrogen-bond donors (Lipinski definition) is 1. The molecule has 12 heavy (non-hydrogen) atoms. The topological polar surface area (TPSA) is 23.5 Å². The van der Waals surface area contributed by atoms with Crippen molar-refractivity contribution in [2.24, 2.45) is 5.92 Å². The third kappa shape index (κ3) is 1.17. The highest BCUT2D eigenvalue weighted by molar-refractivity contribution is 5.01. The van der Waals surface area contributed by atoms with E-state index in [9.17, 15) is 5.11 Å². The number of aliphatic hydroxyl groups is 1. The monoisotopic (exact) mass is 169 g/mol. The van der Waals surface area contributed by atoms with Gasteiger partial charge in [0, 0.05) is 5.54 Å². The first-order valence-electron chi connectivity index (χ1n) is 5.04. The SMILES string of the molecule is CN1CCCC1(C)C(O)C1CC1. The Morgan fingerprint density at radius 1 is 1.50 bits per heavy atom. The number of likely N-dealkylation sites (tertiary alicyclic amines) is 1. The summed E-state index contributed by atoms with van der Waals surface area (Å²) in [6.45, 7) is 3.36. The highest BCUT2D eigenvalue weighted by Crippen LogP contribution is 2.42. The number of likely N-dealkylation sites (N-methyl/N-ethyl adjacent to an activating group) is 1. The molecule has 0 bridgehead atoms. The average molecular weight is 169 g/mol. The molecule has 0 aromatic heterocycles. The maximum atomic E-state index is 10.1. The Bertz CT molecular complexity index is 179. The molecule has 70 valence electrons. The van der Waals surface area contributed by atoms with E-state index in [1.54, 1.807) is 0 Å². The molecular weight excluding hydrogens is 150 g/mol. The van der Waals surface area contributed by atoms with Crippen LogP contribution in [0.3, 0.4) is 0 Å². The molecular formula is C10H19NO. The smallest absolute Gasteiger partial charge is 0.0749 e. The van der Waals surface area contributed by atoms with Gasteiger partial charge >= 0.3 is 0 Å². The fourth-order valence-corrected chi connectivity index (χ4v) is 2.41. The molecule has 1 saturated heterocycles. The molecule has 1 aliphatic carbocycles. The quantitative estimate of drug-likeness (QED) is 0.672. The van der Waals surface area contributed by atoms with Crippen LogP contribution in [0.1, 0.15) is 32.6 Å². The van der Waals surface area contributed by atoms with Crippen molar-refractivity contribution in [2.75, 3.05) is 13.6 Å². The Balaban J connectivity index is 2.07. The molecule has 2 nitrogen and oxygen atoms in total. The molecule has 2 fully saturated rings. The number of hydrogen-bond acceptors (Lipinski definition) is 2. The molecule has 1 saturated carbocycles. The lowest BCUT2D eigenvalue weighted by Gasteiger charge is -2.37. The van der Waals surface area contributed by atoms with Gasteiger partial charge < -0.3 is 5.11 Å². The fourth-order valence-electron chi connectivity index (χ4n) is 2.41. The predicted octanol–water partition coefficient (Wildman–Crippen LogP) is 1.24. The van der Waals surface area contributed by atoms with Crippen LogP contribution in [0.2, 0.25) is 0 Å². The largest absolute Gasteiger partial charge is 0.391 e. The van der Waals surface area contributed by atoms with Crippen LogP contribution in [-0.2, 0) is 0 Å². The second kappa shape index (κ2) is 2.71. The summed E-state index contributed by atoms with van der Waals surface area (Å²) < 4.78 is 0. The van der Waals surface area contributed by atoms with E-state index in [2.05, 4.69) is 18.9 Å². The van der Waals surface area contributed by atoms with Crippen molar-refractivity contribution in [1.29, 1.82) is 0 Å². The third-order valence-electron chi connectivity index (χ3n) is 3.75. The van der Waals surface area contributed by atoms with Crippen LogP contribution >= 0.6 is 0 Å². The lowest BCUT2D eigenvalue weighted by atomic mass is 9.89. The zero-order valence-electron chi connectivity index (χ0n) is 8.08. The van der Waals surface area contributed by atoms with Crippen LogP contribution in [0.4, 0.5) is 0 Å². The van der Waals surface area contributed by atoms with E-state index in [1.165, 1.54) is 25.7 Å². The molecule has 0 aromatic rings. The molecule has 2 unspecified atom stereocenters. The Morgan fingerprint density at radius 2 is 2.17 bits per heavy atom. The fraction of sp³-hybridized carbons (Fsp3) is 1.00. The highest BCUT2D eigenvalue weighted by Gasteiger charge is 2.46.